The Hall–Kier alpha value is -2.23. The zero-order valence-electron chi connectivity index (χ0n) is 12.0. The fourth-order valence-electron chi connectivity index (χ4n) is 3.06. The molecule has 21 heavy (non-hydrogen) atoms. The van der Waals surface area contributed by atoms with E-state index in [1.807, 2.05) is 30.3 Å². The molecule has 1 heterocycles. The molecule has 1 aromatic carbocycles. The summed E-state index contributed by atoms with van der Waals surface area (Å²) in [7, 11) is 0. The molecule has 3 rings (SSSR count). The maximum absolute atomic E-state index is 12.2. The molecule has 0 spiro atoms. The van der Waals surface area contributed by atoms with E-state index in [-0.39, 0.29) is 11.6 Å². The molecular formula is C17H20N2O2. The molecule has 1 fully saturated rings. The third kappa shape index (κ3) is 3.10. The molecule has 1 aliphatic carbocycles. The molecule has 2 aromatic rings. The van der Waals surface area contributed by atoms with Gasteiger partial charge >= 0.3 is 6.03 Å². The van der Waals surface area contributed by atoms with Gasteiger partial charge in [-0.1, -0.05) is 43.2 Å². The molecule has 0 atom stereocenters. The summed E-state index contributed by atoms with van der Waals surface area (Å²) in [5.74, 6) is 0.755. The molecule has 0 aliphatic heterocycles. The number of furan rings is 1. The van der Waals surface area contributed by atoms with Crippen LogP contribution in [0.3, 0.4) is 0 Å². The Morgan fingerprint density at radius 3 is 2.52 bits per heavy atom. The monoisotopic (exact) mass is 284 g/mol. The quantitative estimate of drug-likeness (QED) is 0.902. The molecular weight excluding hydrogens is 264 g/mol. The largest absolute Gasteiger partial charge is 0.467 e. The van der Waals surface area contributed by atoms with Crippen LogP contribution in [-0.4, -0.2) is 6.03 Å². The van der Waals surface area contributed by atoms with Gasteiger partial charge in [-0.25, -0.2) is 4.79 Å². The summed E-state index contributed by atoms with van der Waals surface area (Å²) in [6.07, 6.45) is 5.88. The number of amides is 2. The predicted octanol–water partition coefficient (Wildman–Crippen LogP) is 3.55. The topological polar surface area (TPSA) is 54.3 Å². The fourth-order valence-corrected chi connectivity index (χ4v) is 3.06. The maximum atomic E-state index is 12.2. The Labute approximate surface area is 124 Å². The van der Waals surface area contributed by atoms with Gasteiger partial charge in [-0.15, -0.1) is 0 Å². The second kappa shape index (κ2) is 6.04. The highest BCUT2D eigenvalue weighted by atomic mass is 16.3. The standard InChI is InChI=1S/C17H20N2O2/c20-16(18-13-15-9-6-12-21-15)19-17(10-4-5-11-17)14-7-2-1-3-8-14/h1-3,6-9,12H,4-5,10-11,13H2,(H2,18,19,20). The highest BCUT2D eigenvalue weighted by Gasteiger charge is 2.36. The third-order valence-electron chi connectivity index (χ3n) is 4.14. The predicted molar refractivity (Wildman–Crippen MR) is 80.7 cm³/mol. The van der Waals surface area contributed by atoms with Crippen LogP contribution in [0.25, 0.3) is 0 Å². The number of nitrogens with one attached hydrogen (secondary N) is 2. The second-order valence-corrected chi connectivity index (χ2v) is 5.54. The molecule has 0 saturated heterocycles. The molecule has 2 N–H and O–H groups in total. The summed E-state index contributed by atoms with van der Waals surface area (Å²) >= 11 is 0. The Bertz CT molecular complexity index is 572. The van der Waals surface area contributed by atoms with Crippen molar-refractivity contribution in [1.29, 1.82) is 0 Å². The van der Waals surface area contributed by atoms with Gasteiger partial charge in [0.05, 0.1) is 18.3 Å². The van der Waals surface area contributed by atoms with Crippen LogP contribution in [0, 0.1) is 0 Å². The van der Waals surface area contributed by atoms with Gasteiger partial charge in [-0.3, -0.25) is 0 Å². The highest BCUT2D eigenvalue weighted by molar-refractivity contribution is 5.75. The van der Waals surface area contributed by atoms with E-state index >= 15 is 0 Å². The van der Waals surface area contributed by atoms with E-state index in [2.05, 4.69) is 22.8 Å². The van der Waals surface area contributed by atoms with Crippen molar-refractivity contribution in [3.63, 3.8) is 0 Å². The van der Waals surface area contributed by atoms with E-state index in [9.17, 15) is 4.79 Å². The van der Waals surface area contributed by atoms with Crippen LogP contribution in [0.4, 0.5) is 4.79 Å². The van der Waals surface area contributed by atoms with Gasteiger partial charge in [0.1, 0.15) is 5.76 Å². The van der Waals surface area contributed by atoms with Gasteiger partial charge < -0.3 is 15.1 Å². The molecule has 1 aromatic heterocycles. The number of benzene rings is 1. The lowest BCUT2D eigenvalue weighted by molar-refractivity contribution is 0.223. The Morgan fingerprint density at radius 2 is 1.86 bits per heavy atom. The first-order valence-electron chi connectivity index (χ1n) is 7.42. The number of urea groups is 1. The van der Waals surface area contributed by atoms with Crippen molar-refractivity contribution in [3.8, 4) is 0 Å². The SMILES string of the molecule is O=C(NCc1ccco1)NC1(c2ccccc2)CCCC1. The van der Waals surface area contributed by atoms with Gasteiger partial charge in [0, 0.05) is 0 Å². The molecule has 0 unspecified atom stereocenters. The van der Waals surface area contributed by atoms with Crippen LogP contribution < -0.4 is 10.6 Å². The van der Waals surface area contributed by atoms with Gasteiger partial charge in [0.15, 0.2) is 0 Å². The summed E-state index contributed by atoms with van der Waals surface area (Å²) in [5, 5.41) is 6.04. The van der Waals surface area contributed by atoms with Crippen molar-refractivity contribution in [3.05, 3.63) is 60.1 Å². The summed E-state index contributed by atoms with van der Waals surface area (Å²) in [5.41, 5.74) is 0.963. The van der Waals surface area contributed by atoms with E-state index in [1.54, 1.807) is 6.26 Å². The second-order valence-electron chi connectivity index (χ2n) is 5.54. The lowest BCUT2D eigenvalue weighted by atomic mass is 9.88. The molecule has 1 aliphatic rings. The van der Waals surface area contributed by atoms with Crippen molar-refractivity contribution in [2.75, 3.05) is 0 Å². The normalized spacial score (nSPS) is 16.6. The van der Waals surface area contributed by atoms with Gasteiger partial charge in [0.25, 0.3) is 0 Å². The Balaban J connectivity index is 1.66. The minimum atomic E-state index is -0.228. The van der Waals surface area contributed by atoms with Crippen LogP contribution in [0.2, 0.25) is 0 Å². The smallest absolute Gasteiger partial charge is 0.315 e. The fraction of sp³-hybridized carbons (Fsp3) is 0.353. The van der Waals surface area contributed by atoms with E-state index in [1.165, 1.54) is 5.56 Å². The zero-order valence-corrected chi connectivity index (χ0v) is 12.0. The van der Waals surface area contributed by atoms with Crippen molar-refractivity contribution < 1.29 is 9.21 Å². The lowest BCUT2D eigenvalue weighted by Gasteiger charge is -2.31. The summed E-state index contributed by atoms with van der Waals surface area (Å²) in [6.45, 7) is 0.406. The van der Waals surface area contributed by atoms with Crippen molar-refractivity contribution in [2.45, 2.75) is 37.8 Å². The molecule has 4 nitrogen and oxygen atoms in total. The maximum Gasteiger partial charge on any atom is 0.315 e. The van der Waals surface area contributed by atoms with Gasteiger partial charge in [0.2, 0.25) is 0 Å². The average molecular weight is 284 g/mol. The summed E-state index contributed by atoms with van der Waals surface area (Å²) < 4.78 is 5.22. The van der Waals surface area contributed by atoms with Crippen molar-refractivity contribution in [1.82, 2.24) is 10.6 Å². The molecule has 110 valence electrons. The van der Waals surface area contributed by atoms with Crippen molar-refractivity contribution >= 4 is 6.03 Å². The summed E-state index contributed by atoms with van der Waals surface area (Å²) in [4.78, 5) is 12.2. The van der Waals surface area contributed by atoms with Crippen LogP contribution in [0.5, 0.6) is 0 Å². The first-order chi connectivity index (χ1) is 10.3. The Kier molecular flexibility index (Phi) is 3.95. The highest BCUT2D eigenvalue weighted by Crippen LogP contribution is 2.38. The molecule has 0 bridgehead atoms. The van der Waals surface area contributed by atoms with Crippen LogP contribution in [0.15, 0.2) is 53.1 Å². The molecule has 1 saturated carbocycles. The van der Waals surface area contributed by atoms with Gasteiger partial charge in [-0.05, 0) is 30.5 Å². The van der Waals surface area contributed by atoms with E-state index in [0.717, 1.165) is 31.4 Å². The first kappa shape index (κ1) is 13.7. The molecule has 2 amide bonds. The van der Waals surface area contributed by atoms with Gasteiger partial charge in [-0.2, -0.15) is 0 Å². The number of hydrogen-bond donors (Lipinski definition) is 2. The zero-order chi connectivity index (χ0) is 14.5. The van der Waals surface area contributed by atoms with E-state index in [0.29, 0.717) is 6.54 Å². The van der Waals surface area contributed by atoms with E-state index in [4.69, 9.17) is 4.42 Å². The number of rotatable bonds is 4. The van der Waals surface area contributed by atoms with Crippen LogP contribution >= 0.6 is 0 Å². The lowest BCUT2D eigenvalue weighted by Crippen LogP contribution is -2.48. The third-order valence-corrected chi connectivity index (χ3v) is 4.14. The van der Waals surface area contributed by atoms with Crippen LogP contribution in [0.1, 0.15) is 37.0 Å². The summed E-state index contributed by atoms with van der Waals surface area (Å²) in [6, 6.07) is 13.8. The Morgan fingerprint density at radius 1 is 1.10 bits per heavy atom. The minimum Gasteiger partial charge on any atom is -0.467 e. The average Bonchev–Trinajstić information content (AvgIpc) is 3.18. The number of carbonyl (C=O) groups excluding carboxylic acids is 1. The van der Waals surface area contributed by atoms with E-state index < -0.39 is 0 Å². The molecule has 0 radical (unpaired) electrons. The number of carbonyl (C=O) groups is 1. The van der Waals surface area contributed by atoms with Crippen LogP contribution in [-0.2, 0) is 12.1 Å². The number of hydrogen-bond acceptors (Lipinski definition) is 2. The molecule has 4 heteroatoms. The minimum absolute atomic E-state index is 0.142. The van der Waals surface area contributed by atoms with Crippen molar-refractivity contribution in [2.24, 2.45) is 0 Å². The first-order valence-corrected chi connectivity index (χ1v) is 7.42.